The van der Waals surface area contributed by atoms with Crippen molar-refractivity contribution >= 4 is 11.9 Å². The molecule has 1 atom stereocenters. The third-order valence-corrected chi connectivity index (χ3v) is 3.28. The van der Waals surface area contributed by atoms with Gasteiger partial charge in [-0.2, -0.15) is 0 Å². The maximum absolute atomic E-state index is 12.3. The van der Waals surface area contributed by atoms with Gasteiger partial charge in [0.15, 0.2) is 0 Å². The lowest BCUT2D eigenvalue weighted by molar-refractivity contribution is -0.150. The minimum atomic E-state index is -0.365. The highest BCUT2D eigenvalue weighted by Gasteiger charge is 2.30. The summed E-state index contributed by atoms with van der Waals surface area (Å²) in [7, 11) is 0. The van der Waals surface area contributed by atoms with Crippen molar-refractivity contribution in [2.45, 2.75) is 25.9 Å². The molecule has 1 aromatic rings. The van der Waals surface area contributed by atoms with Crippen LogP contribution in [-0.2, 0) is 20.9 Å². The van der Waals surface area contributed by atoms with E-state index < -0.39 is 0 Å². The third-order valence-electron chi connectivity index (χ3n) is 3.28. The van der Waals surface area contributed by atoms with Gasteiger partial charge in [0.1, 0.15) is 6.54 Å². The minimum Gasteiger partial charge on any atom is -0.465 e. The Kier molecular flexibility index (Phi) is 5.12. The largest absolute Gasteiger partial charge is 0.465 e. The van der Waals surface area contributed by atoms with Crippen LogP contribution in [0.25, 0.3) is 0 Å². The Morgan fingerprint density at radius 2 is 2.05 bits per heavy atom. The maximum Gasteiger partial charge on any atom is 0.325 e. The van der Waals surface area contributed by atoms with Crippen molar-refractivity contribution in [3.63, 3.8) is 0 Å². The monoisotopic (exact) mass is 276 g/mol. The highest BCUT2D eigenvalue weighted by Crippen LogP contribution is 2.11. The summed E-state index contributed by atoms with van der Waals surface area (Å²) in [5.74, 6) is -0.399. The van der Waals surface area contributed by atoms with Gasteiger partial charge in [0.05, 0.1) is 12.6 Å². The molecule has 0 saturated carbocycles. The zero-order valence-electron chi connectivity index (χ0n) is 11.7. The molecule has 1 aliphatic heterocycles. The summed E-state index contributed by atoms with van der Waals surface area (Å²) in [5, 5.41) is 3.07. The number of nitrogens with one attached hydrogen (secondary N) is 1. The Morgan fingerprint density at radius 3 is 2.60 bits per heavy atom. The van der Waals surface area contributed by atoms with Gasteiger partial charge in [-0.05, 0) is 25.5 Å². The summed E-state index contributed by atoms with van der Waals surface area (Å²) in [6, 6.07) is 9.50. The van der Waals surface area contributed by atoms with Crippen molar-refractivity contribution in [1.29, 1.82) is 0 Å². The van der Waals surface area contributed by atoms with Crippen LogP contribution in [0, 0.1) is 0 Å². The van der Waals surface area contributed by atoms with Crippen LogP contribution >= 0.6 is 0 Å². The fraction of sp³-hybridized carbons (Fsp3) is 0.467. The number of nitrogens with zero attached hydrogens (tertiary/aromatic N) is 1. The van der Waals surface area contributed by atoms with E-state index in [1.807, 2.05) is 30.3 Å². The number of carbonyl (C=O) groups excluding carboxylic acids is 2. The van der Waals surface area contributed by atoms with E-state index in [1.54, 1.807) is 11.8 Å². The number of ether oxygens (including phenoxy) is 1. The Balaban J connectivity index is 2.02. The van der Waals surface area contributed by atoms with Crippen LogP contribution in [0.2, 0.25) is 0 Å². The van der Waals surface area contributed by atoms with Crippen molar-refractivity contribution in [1.82, 2.24) is 10.2 Å². The van der Waals surface area contributed by atoms with E-state index in [0.29, 0.717) is 13.2 Å². The molecule has 2 rings (SSSR count). The summed E-state index contributed by atoms with van der Waals surface area (Å²) < 4.78 is 4.94. The quantitative estimate of drug-likeness (QED) is 0.786. The average Bonchev–Trinajstić information content (AvgIpc) is 2.37. The minimum absolute atomic E-state index is 0.000250. The standard InChI is InChI=1S/C15H20N2O3/c1-2-20-14(18)11-17(15(19)13-8-9-16-13)10-12-6-4-3-5-7-12/h3-7,13,16H,2,8-11H2,1H3. The second-order valence-corrected chi connectivity index (χ2v) is 4.78. The second-order valence-electron chi connectivity index (χ2n) is 4.78. The maximum atomic E-state index is 12.3. The topological polar surface area (TPSA) is 58.6 Å². The van der Waals surface area contributed by atoms with Gasteiger partial charge in [-0.1, -0.05) is 30.3 Å². The van der Waals surface area contributed by atoms with Gasteiger partial charge in [-0.15, -0.1) is 0 Å². The molecule has 5 nitrogen and oxygen atoms in total. The van der Waals surface area contributed by atoms with E-state index in [1.165, 1.54) is 0 Å². The van der Waals surface area contributed by atoms with E-state index >= 15 is 0 Å². The molecule has 1 saturated heterocycles. The normalized spacial score (nSPS) is 17.1. The SMILES string of the molecule is CCOC(=O)CN(Cc1ccccc1)C(=O)C1CCN1. The number of rotatable bonds is 6. The molecule has 0 bridgehead atoms. The fourth-order valence-corrected chi connectivity index (χ4v) is 2.10. The predicted molar refractivity (Wildman–Crippen MR) is 74.9 cm³/mol. The Morgan fingerprint density at radius 1 is 1.35 bits per heavy atom. The first kappa shape index (κ1) is 14.5. The van der Waals surface area contributed by atoms with Crippen LogP contribution in [-0.4, -0.2) is 42.5 Å². The van der Waals surface area contributed by atoms with Crippen LogP contribution in [0.5, 0.6) is 0 Å². The van der Waals surface area contributed by atoms with Gasteiger partial charge in [0.25, 0.3) is 0 Å². The molecule has 0 aromatic heterocycles. The molecule has 0 aliphatic carbocycles. The van der Waals surface area contributed by atoms with Gasteiger partial charge >= 0.3 is 5.97 Å². The highest BCUT2D eigenvalue weighted by atomic mass is 16.5. The van der Waals surface area contributed by atoms with Gasteiger partial charge < -0.3 is 15.0 Å². The van der Waals surface area contributed by atoms with Crippen LogP contribution in [0.3, 0.4) is 0 Å². The Hall–Kier alpha value is -1.88. The first-order valence-corrected chi connectivity index (χ1v) is 6.92. The lowest BCUT2D eigenvalue weighted by Crippen LogP contribution is -2.55. The second kappa shape index (κ2) is 7.05. The number of hydrogen-bond donors (Lipinski definition) is 1. The number of hydrogen-bond acceptors (Lipinski definition) is 4. The molecule has 20 heavy (non-hydrogen) atoms. The molecule has 1 N–H and O–H groups in total. The van der Waals surface area contributed by atoms with Crippen LogP contribution in [0.15, 0.2) is 30.3 Å². The molecule has 0 spiro atoms. The highest BCUT2D eigenvalue weighted by molar-refractivity contribution is 5.86. The molecule has 0 radical (unpaired) electrons. The predicted octanol–water partition coefficient (Wildman–Crippen LogP) is 0.940. The zero-order chi connectivity index (χ0) is 14.4. The molecule has 1 fully saturated rings. The van der Waals surface area contributed by atoms with Crippen LogP contribution < -0.4 is 5.32 Å². The lowest BCUT2D eigenvalue weighted by Gasteiger charge is -2.32. The summed E-state index contributed by atoms with van der Waals surface area (Å²) in [6.45, 7) is 3.37. The zero-order valence-corrected chi connectivity index (χ0v) is 11.7. The van der Waals surface area contributed by atoms with Crippen molar-refractivity contribution < 1.29 is 14.3 Å². The van der Waals surface area contributed by atoms with Gasteiger partial charge in [-0.25, -0.2) is 0 Å². The van der Waals surface area contributed by atoms with E-state index in [0.717, 1.165) is 18.5 Å². The summed E-state index contributed by atoms with van der Waals surface area (Å²) in [4.78, 5) is 25.5. The van der Waals surface area contributed by atoms with Crippen molar-refractivity contribution in [3.05, 3.63) is 35.9 Å². The number of amides is 1. The molecule has 1 amide bonds. The molecule has 1 unspecified atom stereocenters. The Labute approximate surface area is 118 Å². The smallest absolute Gasteiger partial charge is 0.325 e. The van der Waals surface area contributed by atoms with Gasteiger partial charge in [0, 0.05) is 6.54 Å². The van der Waals surface area contributed by atoms with E-state index in [2.05, 4.69) is 5.32 Å². The molecular formula is C15H20N2O3. The van der Waals surface area contributed by atoms with Crippen molar-refractivity contribution in [2.75, 3.05) is 19.7 Å². The van der Waals surface area contributed by atoms with E-state index in [9.17, 15) is 9.59 Å². The first-order valence-electron chi connectivity index (χ1n) is 6.92. The summed E-state index contributed by atoms with van der Waals surface area (Å²) >= 11 is 0. The van der Waals surface area contributed by atoms with E-state index in [-0.39, 0.29) is 24.5 Å². The lowest BCUT2D eigenvalue weighted by atomic mass is 10.1. The summed E-state index contributed by atoms with van der Waals surface area (Å²) in [5.41, 5.74) is 1.00. The van der Waals surface area contributed by atoms with Crippen LogP contribution in [0.1, 0.15) is 18.9 Å². The number of benzene rings is 1. The molecule has 108 valence electrons. The van der Waals surface area contributed by atoms with Crippen molar-refractivity contribution in [3.8, 4) is 0 Å². The first-order chi connectivity index (χ1) is 9.70. The Bertz CT molecular complexity index is 457. The third kappa shape index (κ3) is 3.81. The molecule has 1 aromatic carbocycles. The van der Waals surface area contributed by atoms with Crippen molar-refractivity contribution in [2.24, 2.45) is 0 Å². The average molecular weight is 276 g/mol. The fourth-order valence-electron chi connectivity index (χ4n) is 2.10. The molecule has 5 heteroatoms. The molecule has 1 heterocycles. The molecular weight excluding hydrogens is 256 g/mol. The van der Waals surface area contributed by atoms with Crippen LogP contribution in [0.4, 0.5) is 0 Å². The summed E-state index contributed by atoms with van der Waals surface area (Å²) in [6.07, 6.45) is 0.826. The van der Waals surface area contributed by atoms with Gasteiger partial charge in [-0.3, -0.25) is 9.59 Å². The van der Waals surface area contributed by atoms with E-state index in [4.69, 9.17) is 4.74 Å². The number of esters is 1. The van der Waals surface area contributed by atoms with Gasteiger partial charge in [0.2, 0.25) is 5.91 Å². The number of carbonyl (C=O) groups is 2. The molecule has 1 aliphatic rings.